The van der Waals surface area contributed by atoms with Gasteiger partial charge in [0.2, 0.25) is 5.91 Å². The number of rotatable bonds is 4. The highest BCUT2D eigenvalue weighted by molar-refractivity contribution is 5.77. The Morgan fingerprint density at radius 3 is 2.43 bits per heavy atom. The molecule has 116 valence electrons. The SMILES string of the molecule is CC(CC(=O)NC1CCC(C)(C)CC1)c1ccc(N)cc1. The first kappa shape index (κ1) is 15.9. The molecule has 2 rings (SSSR count). The van der Waals surface area contributed by atoms with Gasteiger partial charge in [0.15, 0.2) is 0 Å². The highest BCUT2D eigenvalue weighted by atomic mass is 16.1. The molecule has 1 saturated carbocycles. The fraction of sp³-hybridized carbons (Fsp3) is 0.611. The van der Waals surface area contributed by atoms with Crippen LogP contribution < -0.4 is 11.1 Å². The second-order valence-corrected chi connectivity index (χ2v) is 7.28. The Labute approximate surface area is 128 Å². The van der Waals surface area contributed by atoms with E-state index in [1.807, 2.05) is 24.3 Å². The number of carbonyl (C=O) groups is 1. The van der Waals surface area contributed by atoms with Gasteiger partial charge >= 0.3 is 0 Å². The average Bonchev–Trinajstić information content (AvgIpc) is 2.42. The van der Waals surface area contributed by atoms with E-state index in [1.165, 1.54) is 18.4 Å². The molecule has 21 heavy (non-hydrogen) atoms. The first-order chi connectivity index (χ1) is 9.85. The van der Waals surface area contributed by atoms with E-state index in [-0.39, 0.29) is 11.8 Å². The Morgan fingerprint density at radius 1 is 1.29 bits per heavy atom. The summed E-state index contributed by atoms with van der Waals surface area (Å²) in [6.45, 7) is 6.72. The zero-order valence-corrected chi connectivity index (χ0v) is 13.5. The van der Waals surface area contributed by atoms with Gasteiger partial charge < -0.3 is 11.1 Å². The molecule has 3 heteroatoms. The molecule has 3 nitrogen and oxygen atoms in total. The Kier molecular flexibility index (Phi) is 4.92. The predicted molar refractivity (Wildman–Crippen MR) is 88.1 cm³/mol. The zero-order chi connectivity index (χ0) is 15.5. The lowest BCUT2D eigenvalue weighted by Crippen LogP contribution is -2.39. The van der Waals surface area contributed by atoms with E-state index < -0.39 is 0 Å². The van der Waals surface area contributed by atoms with Gasteiger partial charge in [-0.05, 0) is 54.7 Å². The lowest BCUT2D eigenvalue weighted by atomic mass is 9.75. The number of carbonyl (C=O) groups excluding carboxylic acids is 1. The third-order valence-corrected chi connectivity index (χ3v) is 4.70. The van der Waals surface area contributed by atoms with Gasteiger partial charge in [0.25, 0.3) is 0 Å². The van der Waals surface area contributed by atoms with Crippen molar-refractivity contribution in [3.05, 3.63) is 29.8 Å². The van der Waals surface area contributed by atoms with Crippen molar-refractivity contribution in [2.24, 2.45) is 5.41 Å². The standard InChI is InChI=1S/C18H28N2O/c1-13(14-4-6-15(19)7-5-14)12-17(21)20-16-8-10-18(2,3)11-9-16/h4-7,13,16H,8-12,19H2,1-3H3,(H,20,21). The van der Waals surface area contributed by atoms with Crippen LogP contribution in [0.3, 0.4) is 0 Å². The van der Waals surface area contributed by atoms with Crippen LogP contribution in [0.2, 0.25) is 0 Å². The van der Waals surface area contributed by atoms with Crippen LogP contribution in [-0.2, 0) is 4.79 Å². The minimum Gasteiger partial charge on any atom is -0.399 e. The van der Waals surface area contributed by atoms with Gasteiger partial charge in [-0.15, -0.1) is 0 Å². The largest absolute Gasteiger partial charge is 0.399 e. The normalized spacial score (nSPS) is 20.0. The smallest absolute Gasteiger partial charge is 0.220 e. The van der Waals surface area contributed by atoms with Crippen molar-refractivity contribution >= 4 is 11.6 Å². The third kappa shape index (κ3) is 4.76. The molecule has 0 bridgehead atoms. The van der Waals surface area contributed by atoms with Crippen LogP contribution in [0.1, 0.15) is 64.4 Å². The summed E-state index contributed by atoms with van der Waals surface area (Å²) in [5.41, 5.74) is 8.07. The summed E-state index contributed by atoms with van der Waals surface area (Å²) in [4.78, 5) is 12.2. The van der Waals surface area contributed by atoms with E-state index in [4.69, 9.17) is 5.73 Å². The summed E-state index contributed by atoms with van der Waals surface area (Å²) in [5.74, 6) is 0.398. The number of hydrogen-bond acceptors (Lipinski definition) is 2. The summed E-state index contributed by atoms with van der Waals surface area (Å²) < 4.78 is 0. The van der Waals surface area contributed by atoms with Crippen LogP contribution in [0.15, 0.2) is 24.3 Å². The highest BCUT2D eigenvalue weighted by Gasteiger charge is 2.27. The van der Waals surface area contributed by atoms with Crippen molar-refractivity contribution < 1.29 is 4.79 Å². The topological polar surface area (TPSA) is 55.1 Å². The monoisotopic (exact) mass is 288 g/mol. The average molecular weight is 288 g/mol. The van der Waals surface area contributed by atoms with Crippen molar-refractivity contribution in [1.29, 1.82) is 0 Å². The van der Waals surface area contributed by atoms with Crippen molar-refractivity contribution in [3.8, 4) is 0 Å². The molecule has 0 spiro atoms. The number of hydrogen-bond donors (Lipinski definition) is 2. The summed E-state index contributed by atoms with van der Waals surface area (Å²) in [7, 11) is 0. The highest BCUT2D eigenvalue weighted by Crippen LogP contribution is 2.35. The molecule has 1 aliphatic rings. The number of nitrogen functional groups attached to an aromatic ring is 1. The molecule has 1 atom stereocenters. The second-order valence-electron chi connectivity index (χ2n) is 7.28. The van der Waals surface area contributed by atoms with Gasteiger partial charge in [-0.2, -0.15) is 0 Å². The quantitative estimate of drug-likeness (QED) is 0.827. The van der Waals surface area contributed by atoms with E-state index in [2.05, 4.69) is 26.1 Å². The number of amides is 1. The fourth-order valence-corrected chi connectivity index (χ4v) is 3.05. The van der Waals surface area contributed by atoms with E-state index in [0.29, 0.717) is 17.9 Å². The van der Waals surface area contributed by atoms with E-state index in [1.54, 1.807) is 0 Å². The molecule has 1 unspecified atom stereocenters. The zero-order valence-electron chi connectivity index (χ0n) is 13.5. The van der Waals surface area contributed by atoms with E-state index in [0.717, 1.165) is 18.5 Å². The summed E-state index contributed by atoms with van der Waals surface area (Å²) in [5, 5.41) is 3.21. The van der Waals surface area contributed by atoms with E-state index >= 15 is 0 Å². The Bertz CT molecular complexity index is 468. The van der Waals surface area contributed by atoms with Crippen LogP contribution in [0.4, 0.5) is 5.69 Å². The molecule has 1 aromatic rings. The van der Waals surface area contributed by atoms with Gasteiger partial charge in [-0.25, -0.2) is 0 Å². The number of anilines is 1. The summed E-state index contributed by atoms with van der Waals surface area (Å²) >= 11 is 0. The number of nitrogens with two attached hydrogens (primary N) is 1. The lowest BCUT2D eigenvalue weighted by Gasteiger charge is -2.34. The van der Waals surface area contributed by atoms with Gasteiger partial charge in [-0.1, -0.05) is 32.9 Å². The predicted octanol–water partition coefficient (Wildman–Crippen LogP) is 3.85. The van der Waals surface area contributed by atoms with Gasteiger partial charge in [0.05, 0.1) is 0 Å². The molecule has 0 aromatic heterocycles. The van der Waals surface area contributed by atoms with Crippen molar-refractivity contribution in [3.63, 3.8) is 0 Å². The minimum atomic E-state index is 0.170. The molecule has 0 heterocycles. The third-order valence-electron chi connectivity index (χ3n) is 4.70. The van der Waals surface area contributed by atoms with Crippen LogP contribution in [0.5, 0.6) is 0 Å². The minimum absolute atomic E-state index is 0.170. The molecular formula is C18H28N2O. The lowest BCUT2D eigenvalue weighted by molar-refractivity contribution is -0.122. The molecule has 1 fully saturated rings. The molecule has 3 N–H and O–H groups in total. The molecule has 0 aliphatic heterocycles. The first-order valence-corrected chi connectivity index (χ1v) is 8.00. The molecule has 1 amide bonds. The fourth-order valence-electron chi connectivity index (χ4n) is 3.05. The molecule has 0 saturated heterocycles. The maximum atomic E-state index is 12.2. The summed E-state index contributed by atoms with van der Waals surface area (Å²) in [6, 6.07) is 8.18. The van der Waals surface area contributed by atoms with Gasteiger partial charge in [-0.3, -0.25) is 4.79 Å². The molecule has 1 aliphatic carbocycles. The second kappa shape index (κ2) is 6.50. The molecule has 0 radical (unpaired) electrons. The van der Waals surface area contributed by atoms with Crippen molar-refractivity contribution in [1.82, 2.24) is 5.32 Å². The molecule has 1 aromatic carbocycles. The maximum Gasteiger partial charge on any atom is 0.220 e. The van der Waals surface area contributed by atoms with E-state index in [9.17, 15) is 4.79 Å². The molecular weight excluding hydrogens is 260 g/mol. The van der Waals surface area contributed by atoms with Crippen molar-refractivity contribution in [2.75, 3.05) is 5.73 Å². The van der Waals surface area contributed by atoms with Gasteiger partial charge in [0.1, 0.15) is 0 Å². The van der Waals surface area contributed by atoms with Crippen LogP contribution in [-0.4, -0.2) is 11.9 Å². The number of benzene rings is 1. The number of nitrogens with one attached hydrogen (secondary N) is 1. The Morgan fingerprint density at radius 2 is 1.86 bits per heavy atom. The Hall–Kier alpha value is -1.51. The van der Waals surface area contributed by atoms with Crippen LogP contribution in [0.25, 0.3) is 0 Å². The summed E-state index contributed by atoms with van der Waals surface area (Å²) in [6.07, 6.45) is 5.16. The Balaban J connectivity index is 1.80. The van der Waals surface area contributed by atoms with Crippen LogP contribution >= 0.6 is 0 Å². The van der Waals surface area contributed by atoms with Crippen LogP contribution in [0, 0.1) is 5.41 Å². The maximum absolute atomic E-state index is 12.2. The first-order valence-electron chi connectivity index (χ1n) is 8.00. The van der Waals surface area contributed by atoms with Crippen molar-refractivity contribution in [2.45, 2.75) is 64.8 Å². The van der Waals surface area contributed by atoms with Gasteiger partial charge in [0, 0.05) is 18.2 Å².